The van der Waals surface area contributed by atoms with Crippen molar-refractivity contribution in [1.82, 2.24) is 0 Å². The van der Waals surface area contributed by atoms with Gasteiger partial charge in [0.05, 0.1) is 0 Å². The molecule has 0 amide bonds. The molecule has 0 aromatic heterocycles. The van der Waals surface area contributed by atoms with E-state index in [9.17, 15) is 0 Å². The van der Waals surface area contributed by atoms with Crippen LogP contribution in [-0.4, -0.2) is 8.07 Å². The Labute approximate surface area is 303 Å². The van der Waals surface area contributed by atoms with Gasteiger partial charge < -0.3 is 0 Å². The van der Waals surface area contributed by atoms with E-state index in [0.717, 1.165) is 0 Å². The molecule has 244 valence electrons. The summed E-state index contributed by atoms with van der Waals surface area (Å²) in [6.07, 6.45) is 0. The number of fused-ring (bicyclic) bond motifs is 8. The van der Waals surface area contributed by atoms with Crippen LogP contribution in [0.1, 0.15) is 54.5 Å². The van der Waals surface area contributed by atoms with Gasteiger partial charge >= 0.3 is 306 Å². The van der Waals surface area contributed by atoms with Crippen LogP contribution < -0.4 is 0 Å². The second-order valence-electron chi connectivity index (χ2n) is 15.4. The summed E-state index contributed by atoms with van der Waals surface area (Å²) in [5.41, 5.74) is 18.4. The summed E-state index contributed by atoms with van der Waals surface area (Å²) in [5, 5.41) is 3.42. The Morgan fingerprint density at radius 1 is 0.440 bits per heavy atom. The summed E-state index contributed by atoms with van der Waals surface area (Å²) in [6.45, 7) is 10.5. The molecule has 6 aromatic rings. The Bertz CT molecular complexity index is 2130. The zero-order valence-corrected chi connectivity index (χ0v) is 33.0. The minimum absolute atomic E-state index is 0.484. The summed E-state index contributed by atoms with van der Waals surface area (Å²) in [5.74, 6) is 0. The van der Waals surface area contributed by atoms with Gasteiger partial charge in [0.25, 0.3) is 0 Å². The fourth-order valence-electron chi connectivity index (χ4n) is 10.9. The zero-order valence-electron chi connectivity index (χ0n) is 29.6. The zero-order chi connectivity index (χ0) is 34.0. The van der Waals surface area contributed by atoms with Gasteiger partial charge in [0, 0.05) is 0 Å². The third-order valence-electron chi connectivity index (χ3n) is 12.3. The van der Waals surface area contributed by atoms with Crippen molar-refractivity contribution in [2.45, 2.75) is 42.5 Å². The summed E-state index contributed by atoms with van der Waals surface area (Å²) in [6, 6.07) is 60.3. The van der Waals surface area contributed by atoms with E-state index in [2.05, 4.69) is 185 Å². The first kappa shape index (κ1) is 31.9. The van der Waals surface area contributed by atoms with E-state index in [4.69, 9.17) is 0 Å². The number of rotatable bonds is 6. The van der Waals surface area contributed by atoms with Gasteiger partial charge in [-0.05, 0) is 0 Å². The van der Waals surface area contributed by atoms with E-state index in [1.165, 1.54) is 41.6 Å². The molecule has 0 nitrogen and oxygen atoms in total. The first-order valence-corrected chi connectivity index (χ1v) is 27.6. The van der Waals surface area contributed by atoms with Crippen LogP contribution in [0.3, 0.4) is 0 Å². The van der Waals surface area contributed by atoms with Gasteiger partial charge in [0.1, 0.15) is 0 Å². The monoisotopic (exact) mass is 738 g/mol. The van der Waals surface area contributed by atoms with Crippen LogP contribution in [0.2, 0.25) is 13.1 Å². The summed E-state index contributed by atoms with van der Waals surface area (Å²) in [7, 11) is -2.26. The maximum absolute atomic E-state index is 3.64. The van der Waals surface area contributed by atoms with Gasteiger partial charge in [-0.15, -0.1) is 0 Å². The van der Waals surface area contributed by atoms with Crippen molar-refractivity contribution in [3.63, 3.8) is 0 Å². The van der Waals surface area contributed by atoms with E-state index >= 15 is 0 Å². The average Bonchev–Trinajstić information content (AvgIpc) is 3.65. The van der Waals surface area contributed by atoms with Crippen LogP contribution in [-0.2, 0) is 28.5 Å². The second-order valence-corrected chi connectivity index (χ2v) is 30.3. The molecule has 0 radical (unpaired) electrons. The van der Waals surface area contributed by atoms with Crippen LogP contribution in [0.15, 0.2) is 169 Å². The van der Waals surface area contributed by atoms with Crippen molar-refractivity contribution in [3.05, 3.63) is 202 Å². The van der Waals surface area contributed by atoms with Gasteiger partial charge in [0.15, 0.2) is 0 Å². The van der Waals surface area contributed by atoms with E-state index in [1.54, 1.807) is 43.8 Å². The molecule has 9 rings (SSSR count). The number of hydrogen-bond donors (Lipinski definition) is 0. The molecule has 4 bridgehead atoms. The SMILES string of the molecule is CC1=C2c3c(-c4ccccc4)cccc3[CH]1[Zr]([CH2]c1ccccc1)([CH2]c1ccccc1)[CH]1C(C)=C(c3c(-c4ccccc4)cccc31)[Si]2(C)C. The van der Waals surface area contributed by atoms with Crippen molar-refractivity contribution >= 4 is 18.5 Å². The minimum atomic E-state index is -3.64. The van der Waals surface area contributed by atoms with Crippen LogP contribution in [0, 0.1) is 0 Å². The molecule has 1 heterocycles. The molecule has 2 aliphatic carbocycles. The molecule has 6 aromatic carbocycles. The first-order valence-electron chi connectivity index (χ1n) is 18.3. The van der Waals surface area contributed by atoms with E-state index < -0.39 is 28.3 Å². The van der Waals surface area contributed by atoms with Gasteiger partial charge in [-0.2, -0.15) is 0 Å². The van der Waals surface area contributed by atoms with E-state index in [-0.39, 0.29) is 0 Å². The Morgan fingerprint density at radius 3 is 1.18 bits per heavy atom. The molecule has 2 heteroatoms. The third kappa shape index (κ3) is 4.79. The third-order valence-corrected chi connectivity index (χ3v) is 30.6. The number of benzene rings is 6. The number of hydrogen-bond acceptors (Lipinski definition) is 0. The molecular formula is C48H44SiZr. The van der Waals surface area contributed by atoms with Crippen LogP contribution in [0.25, 0.3) is 32.6 Å². The Morgan fingerprint density at radius 2 is 0.800 bits per heavy atom. The Kier molecular flexibility index (Phi) is 7.83. The molecule has 0 spiro atoms. The molecule has 0 saturated carbocycles. The predicted molar refractivity (Wildman–Crippen MR) is 212 cm³/mol. The normalized spacial score (nSPS) is 19.5. The Balaban J connectivity index is 1.43. The molecule has 2 unspecified atom stereocenters. The summed E-state index contributed by atoms with van der Waals surface area (Å²) < 4.78 is 3.39. The summed E-state index contributed by atoms with van der Waals surface area (Å²) >= 11 is -3.64. The standard InChI is InChI=1S/C34H30Si.2C7H7.Zr/c1-23-21-27-17-11-19-29(25-13-7-5-8-14-25)31(27)33(23)35(3,4)34-24(2)22-28-18-12-20-30(32(28)34)26-15-9-6-10-16-26;2*1-7-5-3-2-4-6-7;/h5-22H,1-4H3;2*2-6H,1H2;. The van der Waals surface area contributed by atoms with Crippen molar-refractivity contribution in [2.75, 3.05) is 0 Å². The molecular weight excluding hydrogens is 696 g/mol. The fourth-order valence-corrected chi connectivity index (χ4v) is 33.1. The topological polar surface area (TPSA) is 0 Å². The molecule has 0 saturated heterocycles. The van der Waals surface area contributed by atoms with E-state index in [1.807, 2.05) is 0 Å². The average molecular weight is 740 g/mol. The Hall–Kier alpha value is -4.10. The van der Waals surface area contributed by atoms with Crippen LogP contribution >= 0.6 is 0 Å². The predicted octanol–water partition coefficient (Wildman–Crippen LogP) is 12.7. The van der Waals surface area contributed by atoms with Gasteiger partial charge in [-0.1, -0.05) is 0 Å². The molecule has 50 heavy (non-hydrogen) atoms. The maximum atomic E-state index is 2.68. The van der Waals surface area contributed by atoms with Crippen LogP contribution in [0.5, 0.6) is 0 Å². The van der Waals surface area contributed by atoms with Crippen molar-refractivity contribution in [1.29, 1.82) is 0 Å². The van der Waals surface area contributed by atoms with Gasteiger partial charge in [0.2, 0.25) is 0 Å². The van der Waals surface area contributed by atoms with Crippen molar-refractivity contribution in [3.8, 4) is 22.3 Å². The van der Waals surface area contributed by atoms with Gasteiger partial charge in [-0.3, -0.25) is 0 Å². The van der Waals surface area contributed by atoms with Crippen molar-refractivity contribution < 1.29 is 20.3 Å². The van der Waals surface area contributed by atoms with Crippen molar-refractivity contribution in [2.24, 2.45) is 0 Å². The molecule has 0 N–H and O–H groups in total. The molecule has 2 atom stereocenters. The molecule has 3 aliphatic rings. The first-order chi connectivity index (χ1) is 24.4. The summed E-state index contributed by atoms with van der Waals surface area (Å²) in [4.78, 5) is 0. The second kappa shape index (κ2) is 12.3. The van der Waals surface area contributed by atoms with Gasteiger partial charge in [-0.25, -0.2) is 0 Å². The fraction of sp³-hybridized carbons (Fsp3) is 0.167. The molecule has 1 aliphatic heterocycles. The number of allylic oxidation sites excluding steroid dienone is 2. The quantitative estimate of drug-likeness (QED) is 0.149. The van der Waals surface area contributed by atoms with E-state index in [0.29, 0.717) is 7.25 Å². The van der Waals surface area contributed by atoms with Crippen LogP contribution in [0.4, 0.5) is 0 Å². The molecule has 0 fully saturated rings.